The van der Waals surface area contributed by atoms with E-state index in [4.69, 9.17) is 4.74 Å². The number of carbonyl (C=O) groups excluding carboxylic acids is 3. The fourth-order valence-electron chi connectivity index (χ4n) is 4.64. The molecule has 0 radical (unpaired) electrons. The van der Waals surface area contributed by atoms with Crippen LogP contribution in [0.3, 0.4) is 0 Å². The molecule has 4 unspecified atom stereocenters. The van der Waals surface area contributed by atoms with Gasteiger partial charge in [0.15, 0.2) is 0 Å². The zero-order chi connectivity index (χ0) is 27.2. The van der Waals surface area contributed by atoms with E-state index in [0.29, 0.717) is 13.0 Å². The summed E-state index contributed by atoms with van der Waals surface area (Å²) in [5.74, 6) is 0.0332. The molecule has 1 fully saturated rings. The summed E-state index contributed by atoms with van der Waals surface area (Å²) in [6.07, 6.45) is 2.49. The molecule has 4 atom stereocenters. The largest absolute Gasteiger partial charge is 0.444 e. The summed E-state index contributed by atoms with van der Waals surface area (Å²) in [4.78, 5) is 42.5. The third-order valence-corrected chi connectivity index (χ3v) is 6.55. The van der Waals surface area contributed by atoms with Gasteiger partial charge in [-0.05, 0) is 82.4 Å². The molecule has 1 saturated carbocycles. The number of benzene rings is 1. The molecule has 0 saturated heterocycles. The smallest absolute Gasteiger partial charge is 0.408 e. The summed E-state index contributed by atoms with van der Waals surface area (Å²) in [6.45, 7) is 18.1. The lowest BCUT2D eigenvalue weighted by molar-refractivity contribution is -0.143. The van der Waals surface area contributed by atoms with E-state index in [1.807, 2.05) is 45.9 Å². The first-order valence-corrected chi connectivity index (χ1v) is 13.4. The summed E-state index contributed by atoms with van der Waals surface area (Å²) < 4.78 is 5.47. The molecule has 7 heteroatoms. The molecule has 0 aromatic heterocycles. The van der Waals surface area contributed by atoms with Crippen molar-refractivity contribution in [1.82, 2.24) is 15.5 Å². The number of hydrogen-bond acceptors (Lipinski definition) is 4. The molecular weight excluding hydrogens is 454 g/mol. The number of nitrogens with zero attached hydrogens (tertiary/aromatic N) is 1. The second-order valence-corrected chi connectivity index (χ2v) is 11.7. The van der Waals surface area contributed by atoms with Gasteiger partial charge in [0, 0.05) is 12.6 Å². The highest BCUT2D eigenvalue weighted by Crippen LogP contribution is 2.42. The van der Waals surface area contributed by atoms with Gasteiger partial charge in [0.2, 0.25) is 11.8 Å². The van der Waals surface area contributed by atoms with E-state index in [0.717, 1.165) is 36.0 Å². The molecule has 1 aromatic carbocycles. The van der Waals surface area contributed by atoms with Crippen molar-refractivity contribution in [3.05, 3.63) is 34.9 Å². The van der Waals surface area contributed by atoms with Crippen molar-refractivity contribution >= 4 is 17.9 Å². The summed E-state index contributed by atoms with van der Waals surface area (Å²) in [7, 11) is 0. The minimum Gasteiger partial charge on any atom is -0.444 e. The number of rotatable bonds is 11. The van der Waals surface area contributed by atoms with Crippen molar-refractivity contribution in [2.75, 3.05) is 6.54 Å². The van der Waals surface area contributed by atoms with Crippen LogP contribution in [-0.2, 0) is 14.3 Å². The predicted octanol–water partition coefficient (Wildman–Crippen LogP) is 5.44. The highest BCUT2D eigenvalue weighted by molar-refractivity contribution is 5.93. The molecule has 0 aliphatic heterocycles. The quantitative estimate of drug-likeness (QED) is 0.395. The average molecular weight is 502 g/mol. The molecule has 0 spiro atoms. The molecule has 1 aromatic rings. The van der Waals surface area contributed by atoms with Gasteiger partial charge in [0.1, 0.15) is 17.7 Å². The van der Waals surface area contributed by atoms with E-state index in [2.05, 4.69) is 24.5 Å². The molecule has 1 aliphatic carbocycles. The van der Waals surface area contributed by atoms with Crippen LogP contribution in [0.25, 0.3) is 0 Å². The lowest BCUT2D eigenvalue weighted by Gasteiger charge is -2.36. The van der Waals surface area contributed by atoms with Gasteiger partial charge in [-0.3, -0.25) is 9.59 Å². The molecule has 7 nitrogen and oxygen atoms in total. The van der Waals surface area contributed by atoms with E-state index in [1.165, 1.54) is 0 Å². The number of aryl methyl sites for hydroxylation is 2. The number of amides is 3. The number of alkyl carbamates (subject to hydrolysis) is 1. The maximum Gasteiger partial charge on any atom is 0.408 e. The SMILES string of the molecule is CCCCNC(=O)C(c1c(C)cccc1C)N(C(=O)C(CC(C)C)NC(=O)OC(C)(C)C)C1CC1C. The Labute approximate surface area is 217 Å². The van der Waals surface area contributed by atoms with Crippen molar-refractivity contribution in [1.29, 1.82) is 0 Å². The zero-order valence-electron chi connectivity index (χ0n) is 23.7. The van der Waals surface area contributed by atoms with Crippen LogP contribution < -0.4 is 10.6 Å². The highest BCUT2D eigenvalue weighted by atomic mass is 16.6. The van der Waals surface area contributed by atoms with Gasteiger partial charge in [0.05, 0.1) is 0 Å². The summed E-state index contributed by atoms with van der Waals surface area (Å²) in [5, 5.41) is 5.90. The van der Waals surface area contributed by atoms with Crippen LogP contribution in [0.4, 0.5) is 4.79 Å². The molecule has 202 valence electrons. The fourth-order valence-corrected chi connectivity index (χ4v) is 4.64. The molecule has 0 heterocycles. The first-order chi connectivity index (χ1) is 16.8. The highest BCUT2D eigenvalue weighted by Gasteiger charge is 2.48. The number of nitrogens with one attached hydrogen (secondary N) is 2. The van der Waals surface area contributed by atoms with Gasteiger partial charge >= 0.3 is 6.09 Å². The minimum atomic E-state index is -0.789. The van der Waals surface area contributed by atoms with Crippen LogP contribution in [0.5, 0.6) is 0 Å². The Morgan fingerprint density at radius 2 is 1.72 bits per heavy atom. The summed E-state index contributed by atoms with van der Waals surface area (Å²) in [5.41, 5.74) is 2.12. The maximum absolute atomic E-state index is 14.3. The maximum atomic E-state index is 14.3. The lowest BCUT2D eigenvalue weighted by atomic mass is 9.92. The van der Waals surface area contributed by atoms with Crippen LogP contribution in [0.15, 0.2) is 18.2 Å². The fraction of sp³-hybridized carbons (Fsp3) is 0.690. The van der Waals surface area contributed by atoms with Crippen LogP contribution in [-0.4, -0.2) is 47.0 Å². The summed E-state index contributed by atoms with van der Waals surface area (Å²) >= 11 is 0. The standard InChI is InChI=1S/C29H47N3O4/c1-10-11-15-30-26(33)25(24-19(4)13-12-14-20(24)5)32(23-17-21(23)6)27(34)22(16-18(2)3)31-28(35)36-29(7,8)9/h12-14,18,21-23,25H,10-11,15-17H2,1-9H3,(H,30,33)(H,31,35). The van der Waals surface area contributed by atoms with E-state index < -0.39 is 23.8 Å². The van der Waals surface area contributed by atoms with E-state index >= 15 is 0 Å². The van der Waals surface area contributed by atoms with Gasteiger partial charge in [-0.2, -0.15) is 0 Å². The van der Waals surface area contributed by atoms with Crippen molar-refractivity contribution in [2.45, 2.75) is 112 Å². The molecule has 2 rings (SSSR count). The van der Waals surface area contributed by atoms with Gasteiger partial charge < -0.3 is 20.3 Å². The van der Waals surface area contributed by atoms with Crippen molar-refractivity contribution in [3.63, 3.8) is 0 Å². The first-order valence-electron chi connectivity index (χ1n) is 13.4. The second kappa shape index (κ2) is 12.6. The predicted molar refractivity (Wildman–Crippen MR) is 144 cm³/mol. The van der Waals surface area contributed by atoms with E-state index in [-0.39, 0.29) is 29.7 Å². The third-order valence-electron chi connectivity index (χ3n) is 6.55. The Balaban J connectivity index is 2.52. The Hall–Kier alpha value is -2.57. The number of unbranched alkanes of at least 4 members (excludes halogenated alkanes) is 1. The van der Waals surface area contributed by atoms with Crippen LogP contribution in [0, 0.1) is 25.7 Å². The molecule has 0 bridgehead atoms. The Morgan fingerprint density at radius 1 is 1.14 bits per heavy atom. The second-order valence-electron chi connectivity index (χ2n) is 11.7. The molecule has 36 heavy (non-hydrogen) atoms. The van der Waals surface area contributed by atoms with Crippen molar-refractivity contribution < 1.29 is 19.1 Å². The normalized spacial score (nSPS) is 18.8. The summed E-state index contributed by atoms with van der Waals surface area (Å²) in [6, 6.07) is 4.32. The van der Waals surface area contributed by atoms with Gasteiger partial charge in [-0.15, -0.1) is 0 Å². The lowest BCUT2D eigenvalue weighted by Crippen LogP contribution is -2.54. The van der Waals surface area contributed by atoms with Crippen molar-refractivity contribution in [2.24, 2.45) is 11.8 Å². The Kier molecular flexibility index (Phi) is 10.4. The van der Waals surface area contributed by atoms with Crippen LogP contribution in [0.1, 0.15) is 96.9 Å². The molecule has 1 aliphatic rings. The Morgan fingerprint density at radius 3 is 2.19 bits per heavy atom. The Bertz CT molecular complexity index is 901. The van der Waals surface area contributed by atoms with Gasteiger partial charge in [-0.1, -0.05) is 52.3 Å². The van der Waals surface area contributed by atoms with Gasteiger partial charge in [0.25, 0.3) is 0 Å². The average Bonchev–Trinajstić information content (AvgIpc) is 3.46. The number of hydrogen-bond donors (Lipinski definition) is 2. The monoisotopic (exact) mass is 501 g/mol. The third kappa shape index (κ3) is 8.24. The molecule has 2 N–H and O–H groups in total. The zero-order valence-corrected chi connectivity index (χ0v) is 23.7. The van der Waals surface area contributed by atoms with Crippen LogP contribution in [0.2, 0.25) is 0 Å². The number of ether oxygens (including phenoxy) is 1. The van der Waals surface area contributed by atoms with E-state index in [9.17, 15) is 14.4 Å². The molecular formula is C29H47N3O4. The van der Waals surface area contributed by atoms with Crippen LogP contribution >= 0.6 is 0 Å². The molecule has 3 amide bonds. The van der Waals surface area contributed by atoms with Crippen molar-refractivity contribution in [3.8, 4) is 0 Å². The first kappa shape index (κ1) is 29.7. The minimum absolute atomic E-state index is 0.0615. The number of carbonyl (C=O) groups is 3. The van der Waals surface area contributed by atoms with Gasteiger partial charge in [-0.25, -0.2) is 4.79 Å². The van der Waals surface area contributed by atoms with E-state index in [1.54, 1.807) is 25.7 Å². The topological polar surface area (TPSA) is 87.7 Å².